The van der Waals surface area contributed by atoms with E-state index in [1.807, 2.05) is 0 Å². The van der Waals surface area contributed by atoms with Gasteiger partial charge in [0, 0.05) is 18.4 Å². The third-order valence-electron chi connectivity index (χ3n) is 2.31. The molecule has 4 nitrogen and oxygen atoms in total. The van der Waals surface area contributed by atoms with Crippen LogP contribution in [-0.2, 0) is 12.8 Å². The molecule has 4 heteroatoms. The number of nitrogens with zero attached hydrogens (tertiary/aromatic N) is 2. The summed E-state index contributed by atoms with van der Waals surface area (Å²) in [7, 11) is 0. The van der Waals surface area contributed by atoms with Gasteiger partial charge in [-0.05, 0) is 39.7 Å². The molecular formula is C13H25N3O. The highest BCUT2D eigenvalue weighted by Crippen LogP contribution is 2.08. The van der Waals surface area contributed by atoms with Crippen LogP contribution in [0.4, 0.5) is 0 Å². The molecule has 0 saturated carbocycles. The first-order chi connectivity index (χ1) is 7.87. The van der Waals surface area contributed by atoms with E-state index in [0.717, 1.165) is 37.6 Å². The molecule has 1 heterocycles. The van der Waals surface area contributed by atoms with Crippen LogP contribution in [-0.4, -0.2) is 22.3 Å². The zero-order valence-corrected chi connectivity index (χ0v) is 11.7. The largest absolute Gasteiger partial charge is 0.425 e. The molecule has 0 aliphatic heterocycles. The Morgan fingerprint density at radius 3 is 2.41 bits per heavy atom. The van der Waals surface area contributed by atoms with Crippen molar-refractivity contribution in [1.82, 2.24) is 15.5 Å². The van der Waals surface area contributed by atoms with E-state index in [2.05, 4.69) is 50.1 Å². The molecule has 1 N–H and O–H groups in total. The van der Waals surface area contributed by atoms with E-state index in [4.69, 9.17) is 4.42 Å². The summed E-state index contributed by atoms with van der Waals surface area (Å²) in [5, 5.41) is 11.5. The fraction of sp³-hybridized carbons (Fsp3) is 0.846. The molecule has 0 bridgehead atoms. The van der Waals surface area contributed by atoms with Crippen molar-refractivity contribution in [3.05, 3.63) is 11.8 Å². The lowest BCUT2D eigenvalue weighted by molar-refractivity contribution is 0.398. The van der Waals surface area contributed by atoms with E-state index in [-0.39, 0.29) is 5.54 Å². The third-order valence-corrected chi connectivity index (χ3v) is 2.31. The minimum absolute atomic E-state index is 0.178. The minimum Gasteiger partial charge on any atom is -0.425 e. The standard InChI is InChI=1S/C13H25N3O/c1-10(2)9-12-16-15-11(17-12)7-6-8-14-13(3,4)5/h10,14H,6-9H2,1-5H3. The summed E-state index contributed by atoms with van der Waals surface area (Å²) in [4.78, 5) is 0. The highest BCUT2D eigenvalue weighted by molar-refractivity contribution is 4.83. The summed E-state index contributed by atoms with van der Waals surface area (Å²) >= 11 is 0. The lowest BCUT2D eigenvalue weighted by atomic mass is 10.1. The molecule has 17 heavy (non-hydrogen) atoms. The molecule has 1 aromatic rings. The first-order valence-corrected chi connectivity index (χ1v) is 6.43. The zero-order valence-electron chi connectivity index (χ0n) is 11.7. The van der Waals surface area contributed by atoms with Gasteiger partial charge in [0.1, 0.15) is 0 Å². The number of rotatable bonds is 6. The lowest BCUT2D eigenvalue weighted by Crippen LogP contribution is -2.36. The van der Waals surface area contributed by atoms with Crippen LogP contribution in [0.25, 0.3) is 0 Å². The molecule has 0 fully saturated rings. The van der Waals surface area contributed by atoms with Crippen molar-refractivity contribution in [3.63, 3.8) is 0 Å². The van der Waals surface area contributed by atoms with Gasteiger partial charge in [0.05, 0.1) is 0 Å². The average Bonchev–Trinajstić information content (AvgIpc) is 2.58. The second-order valence-corrected chi connectivity index (χ2v) is 5.97. The van der Waals surface area contributed by atoms with Gasteiger partial charge in [0.25, 0.3) is 0 Å². The van der Waals surface area contributed by atoms with Crippen molar-refractivity contribution in [2.75, 3.05) is 6.54 Å². The second kappa shape index (κ2) is 6.15. The maximum atomic E-state index is 5.58. The molecule has 1 aromatic heterocycles. The molecule has 98 valence electrons. The Kier molecular flexibility index (Phi) is 5.12. The maximum absolute atomic E-state index is 5.58. The van der Waals surface area contributed by atoms with Gasteiger partial charge in [0.2, 0.25) is 11.8 Å². The molecule has 0 unspecified atom stereocenters. The summed E-state index contributed by atoms with van der Waals surface area (Å²) < 4.78 is 5.58. The normalized spacial score (nSPS) is 12.4. The summed E-state index contributed by atoms with van der Waals surface area (Å²) in [6, 6.07) is 0. The van der Waals surface area contributed by atoms with Gasteiger partial charge >= 0.3 is 0 Å². The number of hydrogen-bond acceptors (Lipinski definition) is 4. The molecule has 0 amide bonds. The van der Waals surface area contributed by atoms with Crippen LogP contribution >= 0.6 is 0 Å². The van der Waals surface area contributed by atoms with E-state index in [1.54, 1.807) is 0 Å². The zero-order chi connectivity index (χ0) is 12.9. The van der Waals surface area contributed by atoms with Gasteiger partial charge in [-0.15, -0.1) is 10.2 Å². The van der Waals surface area contributed by atoms with E-state index in [1.165, 1.54) is 0 Å². The summed E-state index contributed by atoms with van der Waals surface area (Å²) in [6.45, 7) is 11.8. The molecule has 1 rings (SSSR count). The Hall–Kier alpha value is -0.900. The van der Waals surface area contributed by atoms with Gasteiger partial charge in [-0.2, -0.15) is 0 Å². The van der Waals surface area contributed by atoms with Crippen LogP contribution in [0.15, 0.2) is 4.42 Å². The molecule has 0 spiro atoms. The van der Waals surface area contributed by atoms with Gasteiger partial charge in [-0.3, -0.25) is 0 Å². The average molecular weight is 239 g/mol. The summed E-state index contributed by atoms with van der Waals surface area (Å²) in [5.74, 6) is 2.08. The minimum atomic E-state index is 0.178. The highest BCUT2D eigenvalue weighted by atomic mass is 16.4. The number of aromatic nitrogens is 2. The van der Waals surface area contributed by atoms with Crippen LogP contribution in [0.2, 0.25) is 0 Å². The predicted octanol–water partition coefficient (Wildman–Crippen LogP) is 2.59. The SMILES string of the molecule is CC(C)Cc1nnc(CCCNC(C)(C)C)o1. The Morgan fingerprint density at radius 2 is 1.82 bits per heavy atom. The Bertz CT molecular complexity index is 326. The Morgan fingerprint density at radius 1 is 1.18 bits per heavy atom. The van der Waals surface area contributed by atoms with Crippen molar-refractivity contribution in [1.29, 1.82) is 0 Å². The second-order valence-electron chi connectivity index (χ2n) is 5.97. The van der Waals surface area contributed by atoms with Crippen LogP contribution < -0.4 is 5.32 Å². The molecule has 0 aliphatic rings. The van der Waals surface area contributed by atoms with E-state index < -0.39 is 0 Å². The predicted molar refractivity (Wildman–Crippen MR) is 68.9 cm³/mol. The van der Waals surface area contributed by atoms with Crippen LogP contribution in [0.5, 0.6) is 0 Å². The summed E-state index contributed by atoms with van der Waals surface area (Å²) in [5.41, 5.74) is 0.178. The fourth-order valence-electron chi connectivity index (χ4n) is 1.52. The Labute approximate surface area is 104 Å². The number of hydrogen-bond donors (Lipinski definition) is 1. The molecule has 0 radical (unpaired) electrons. The molecule has 0 atom stereocenters. The van der Waals surface area contributed by atoms with Gasteiger partial charge in [-0.1, -0.05) is 13.8 Å². The van der Waals surface area contributed by atoms with Crippen LogP contribution in [0, 0.1) is 5.92 Å². The van der Waals surface area contributed by atoms with Gasteiger partial charge < -0.3 is 9.73 Å². The third kappa shape index (κ3) is 6.41. The first-order valence-electron chi connectivity index (χ1n) is 6.43. The van der Waals surface area contributed by atoms with E-state index >= 15 is 0 Å². The quantitative estimate of drug-likeness (QED) is 0.775. The van der Waals surface area contributed by atoms with Crippen molar-refractivity contribution in [3.8, 4) is 0 Å². The van der Waals surface area contributed by atoms with Gasteiger partial charge in [0.15, 0.2) is 0 Å². The first kappa shape index (κ1) is 14.2. The number of aryl methyl sites for hydroxylation is 1. The van der Waals surface area contributed by atoms with Crippen molar-refractivity contribution in [2.24, 2.45) is 5.92 Å². The smallest absolute Gasteiger partial charge is 0.216 e. The topological polar surface area (TPSA) is 51.0 Å². The summed E-state index contributed by atoms with van der Waals surface area (Å²) in [6.07, 6.45) is 2.75. The van der Waals surface area contributed by atoms with E-state index in [0.29, 0.717) is 5.92 Å². The van der Waals surface area contributed by atoms with Crippen LogP contribution in [0.3, 0.4) is 0 Å². The Balaban J connectivity index is 2.25. The molecule has 0 aromatic carbocycles. The molecule has 0 saturated heterocycles. The molecule has 0 aliphatic carbocycles. The van der Waals surface area contributed by atoms with Gasteiger partial charge in [-0.25, -0.2) is 0 Å². The molecular weight excluding hydrogens is 214 g/mol. The van der Waals surface area contributed by atoms with Crippen molar-refractivity contribution < 1.29 is 4.42 Å². The van der Waals surface area contributed by atoms with Crippen molar-refractivity contribution in [2.45, 2.75) is 59.4 Å². The fourth-order valence-corrected chi connectivity index (χ4v) is 1.52. The maximum Gasteiger partial charge on any atom is 0.216 e. The van der Waals surface area contributed by atoms with Crippen molar-refractivity contribution >= 4 is 0 Å². The van der Waals surface area contributed by atoms with E-state index in [9.17, 15) is 0 Å². The number of nitrogens with one attached hydrogen (secondary N) is 1. The lowest BCUT2D eigenvalue weighted by Gasteiger charge is -2.19. The highest BCUT2D eigenvalue weighted by Gasteiger charge is 2.10. The van der Waals surface area contributed by atoms with Crippen LogP contribution in [0.1, 0.15) is 52.8 Å². The monoisotopic (exact) mass is 239 g/mol.